The fraction of sp³-hybridized carbons (Fsp3) is 0.370. The zero-order valence-corrected chi connectivity index (χ0v) is 20.3. The highest BCUT2D eigenvalue weighted by atomic mass is 16.6. The first kappa shape index (κ1) is 25.0. The Bertz CT molecular complexity index is 1250. The predicted molar refractivity (Wildman–Crippen MR) is 133 cm³/mol. The quantitative estimate of drug-likeness (QED) is 0.508. The lowest BCUT2D eigenvalue weighted by Gasteiger charge is -2.23. The lowest BCUT2D eigenvalue weighted by molar-refractivity contribution is 0.0527. The van der Waals surface area contributed by atoms with Gasteiger partial charge in [-0.15, -0.1) is 0 Å². The molecule has 0 radical (unpaired) electrons. The minimum absolute atomic E-state index is 0.114. The van der Waals surface area contributed by atoms with Crippen LogP contribution in [0.4, 0.5) is 4.79 Å². The molecule has 0 aliphatic heterocycles. The number of nitrogens with one attached hydrogen (secondary N) is 1. The van der Waals surface area contributed by atoms with E-state index in [-0.39, 0.29) is 23.6 Å². The highest BCUT2D eigenvalue weighted by molar-refractivity contribution is 6.01. The van der Waals surface area contributed by atoms with Gasteiger partial charge in [0.2, 0.25) is 0 Å². The van der Waals surface area contributed by atoms with Gasteiger partial charge in [0.25, 0.3) is 5.56 Å². The largest absolute Gasteiger partial charge is 0.478 e. The number of benzene rings is 2. The molecule has 0 aliphatic rings. The van der Waals surface area contributed by atoms with Crippen LogP contribution in [-0.2, 0) is 17.7 Å². The van der Waals surface area contributed by atoms with E-state index in [1.807, 2.05) is 44.2 Å². The lowest BCUT2D eigenvalue weighted by Crippen LogP contribution is -2.35. The number of carboxylic acid groups (broad SMARTS) is 1. The van der Waals surface area contributed by atoms with E-state index in [4.69, 9.17) is 4.74 Å². The Morgan fingerprint density at radius 2 is 1.74 bits per heavy atom. The van der Waals surface area contributed by atoms with Crippen molar-refractivity contribution in [2.75, 3.05) is 6.54 Å². The Morgan fingerprint density at radius 3 is 2.32 bits per heavy atom. The molecule has 7 heteroatoms. The monoisotopic (exact) mass is 464 g/mol. The van der Waals surface area contributed by atoms with Crippen LogP contribution in [0.1, 0.15) is 50.7 Å². The van der Waals surface area contributed by atoms with Crippen LogP contribution in [0.15, 0.2) is 53.3 Å². The summed E-state index contributed by atoms with van der Waals surface area (Å²) < 4.78 is 7.09. The number of hydrogen-bond donors (Lipinski definition) is 2. The van der Waals surface area contributed by atoms with Gasteiger partial charge in [-0.3, -0.25) is 4.79 Å². The molecule has 1 aromatic heterocycles. The molecule has 1 amide bonds. The third-order valence-corrected chi connectivity index (χ3v) is 5.27. The molecular formula is C27H32N2O5. The second-order valence-electron chi connectivity index (χ2n) is 9.74. The van der Waals surface area contributed by atoms with Crippen molar-refractivity contribution in [2.45, 2.75) is 53.2 Å². The molecule has 0 spiro atoms. The first-order valence-corrected chi connectivity index (χ1v) is 11.4. The third-order valence-electron chi connectivity index (χ3n) is 5.27. The number of pyridine rings is 1. The van der Waals surface area contributed by atoms with Gasteiger partial charge in [-0.25, -0.2) is 9.59 Å². The maximum Gasteiger partial charge on any atom is 0.407 e. The van der Waals surface area contributed by atoms with E-state index < -0.39 is 17.7 Å². The summed E-state index contributed by atoms with van der Waals surface area (Å²) in [6.45, 7) is 10.2. The maximum absolute atomic E-state index is 13.5. The van der Waals surface area contributed by atoms with Crippen molar-refractivity contribution >= 4 is 22.8 Å². The van der Waals surface area contributed by atoms with Gasteiger partial charge in [0.1, 0.15) is 5.60 Å². The molecule has 0 fully saturated rings. The molecule has 34 heavy (non-hydrogen) atoms. The molecular weight excluding hydrogens is 432 g/mol. The maximum atomic E-state index is 13.5. The van der Waals surface area contributed by atoms with Crippen molar-refractivity contribution in [2.24, 2.45) is 5.92 Å². The molecule has 3 aromatic rings. The number of rotatable bonds is 7. The van der Waals surface area contributed by atoms with E-state index in [2.05, 4.69) is 5.32 Å². The van der Waals surface area contributed by atoms with Gasteiger partial charge >= 0.3 is 12.1 Å². The van der Waals surface area contributed by atoms with Gasteiger partial charge in [-0.1, -0.05) is 44.2 Å². The first-order chi connectivity index (χ1) is 16.0. The molecule has 1 heterocycles. The molecule has 0 saturated heterocycles. The number of aromatic carboxylic acids is 1. The normalized spacial score (nSPS) is 11.6. The number of carboxylic acids is 1. The molecule has 0 bridgehead atoms. The number of amides is 1. The summed E-state index contributed by atoms with van der Waals surface area (Å²) in [4.78, 5) is 37.4. The molecule has 2 N–H and O–H groups in total. The lowest BCUT2D eigenvalue weighted by atomic mass is 9.94. The van der Waals surface area contributed by atoms with Crippen LogP contribution in [0.3, 0.4) is 0 Å². The predicted octanol–water partition coefficient (Wildman–Crippen LogP) is 5.09. The Kier molecular flexibility index (Phi) is 7.44. The summed E-state index contributed by atoms with van der Waals surface area (Å²) in [5, 5.41) is 13.4. The van der Waals surface area contributed by atoms with E-state index in [1.54, 1.807) is 37.5 Å². The third kappa shape index (κ3) is 5.84. The smallest absolute Gasteiger partial charge is 0.407 e. The van der Waals surface area contributed by atoms with Crippen molar-refractivity contribution < 1.29 is 19.4 Å². The molecule has 0 saturated carbocycles. The van der Waals surface area contributed by atoms with Crippen molar-refractivity contribution in [3.63, 3.8) is 0 Å². The molecule has 2 aromatic carbocycles. The number of aromatic nitrogens is 1. The van der Waals surface area contributed by atoms with Gasteiger partial charge < -0.3 is 19.7 Å². The van der Waals surface area contributed by atoms with Gasteiger partial charge in [0, 0.05) is 36.2 Å². The average molecular weight is 465 g/mol. The van der Waals surface area contributed by atoms with Crippen LogP contribution in [0.25, 0.3) is 21.9 Å². The second kappa shape index (κ2) is 10.1. The van der Waals surface area contributed by atoms with E-state index in [1.165, 1.54) is 6.07 Å². The van der Waals surface area contributed by atoms with Crippen molar-refractivity contribution in [3.8, 4) is 11.1 Å². The van der Waals surface area contributed by atoms with Crippen LogP contribution in [0, 0.1) is 5.92 Å². The SMILES string of the molecule is CC(C)Cn1c(CCNC(=O)OC(C)(C)C)c(-c2ccccc2)c2cc(C(=O)O)ccc2c1=O. The standard InChI is InChI=1S/C27H32N2O5/c1-17(2)16-29-22(13-14-28-26(33)34-27(3,4)5)23(18-9-7-6-8-10-18)21-15-19(25(31)32)11-12-20(21)24(29)30/h6-12,15,17H,13-14,16H2,1-5H3,(H,28,33)(H,31,32). The van der Waals surface area contributed by atoms with Crippen LogP contribution in [-0.4, -0.2) is 33.9 Å². The first-order valence-electron chi connectivity index (χ1n) is 11.4. The van der Waals surface area contributed by atoms with Crippen molar-refractivity contribution in [3.05, 3.63) is 70.1 Å². The number of hydrogen-bond acceptors (Lipinski definition) is 4. The molecule has 7 nitrogen and oxygen atoms in total. The average Bonchev–Trinajstić information content (AvgIpc) is 2.75. The zero-order chi connectivity index (χ0) is 25.0. The van der Waals surface area contributed by atoms with Crippen LogP contribution >= 0.6 is 0 Å². The number of carbonyl (C=O) groups excluding carboxylic acids is 1. The highest BCUT2D eigenvalue weighted by Gasteiger charge is 2.21. The Balaban J connectivity index is 2.21. The highest BCUT2D eigenvalue weighted by Crippen LogP contribution is 2.32. The van der Waals surface area contributed by atoms with Crippen molar-refractivity contribution in [1.82, 2.24) is 9.88 Å². The minimum Gasteiger partial charge on any atom is -0.478 e. The van der Waals surface area contributed by atoms with Crippen LogP contribution in [0.5, 0.6) is 0 Å². The van der Waals surface area contributed by atoms with Crippen molar-refractivity contribution in [1.29, 1.82) is 0 Å². The topological polar surface area (TPSA) is 97.6 Å². The Labute approximate surface area is 199 Å². The number of ether oxygens (including phenoxy) is 1. The van der Waals surface area contributed by atoms with E-state index >= 15 is 0 Å². The Morgan fingerprint density at radius 1 is 1.06 bits per heavy atom. The second-order valence-corrected chi connectivity index (χ2v) is 9.74. The summed E-state index contributed by atoms with van der Waals surface area (Å²) >= 11 is 0. The molecule has 0 unspecified atom stereocenters. The van der Waals surface area contributed by atoms with Gasteiger partial charge in [-0.2, -0.15) is 0 Å². The van der Waals surface area contributed by atoms with E-state index in [0.29, 0.717) is 23.7 Å². The summed E-state index contributed by atoms with van der Waals surface area (Å²) in [7, 11) is 0. The van der Waals surface area contributed by atoms with Gasteiger partial charge in [0.05, 0.1) is 5.56 Å². The Hall–Kier alpha value is -3.61. The van der Waals surface area contributed by atoms with Crippen LogP contribution < -0.4 is 10.9 Å². The molecule has 180 valence electrons. The zero-order valence-electron chi connectivity index (χ0n) is 20.3. The molecule has 0 aliphatic carbocycles. The number of fused-ring (bicyclic) bond motifs is 1. The number of nitrogens with zero attached hydrogens (tertiary/aromatic N) is 1. The fourth-order valence-corrected chi connectivity index (χ4v) is 3.97. The summed E-state index contributed by atoms with van der Waals surface area (Å²) in [5.41, 5.74) is 1.74. The van der Waals surface area contributed by atoms with E-state index in [0.717, 1.165) is 16.8 Å². The fourth-order valence-electron chi connectivity index (χ4n) is 3.97. The van der Waals surface area contributed by atoms with Gasteiger partial charge in [-0.05, 0) is 55.8 Å². The summed E-state index contributed by atoms with van der Waals surface area (Å²) in [6, 6.07) is 14.2. The summed E-state index contributed by atoms with van der Waals surface area (Å²) in [5.74, 6) is -0.852. The van der Waals surface area contributed by atoms with E-state index in [9.17, 15) is 19.5 Å². The van der Waals surface area contributed by atoms with Gasteiger partial charge in [0.15, 0.2) is 0 Å². The summed E-state index contributed by atoms with van der Waals surface area (Å²) in [6.07, 6.45) is -0.154. The minimum atomic E-state index is -1.06. The van der Waals surface area contributed by atoms with Crippen LogP contribution in [0.2, 0.25) is 0 Å². The number of alkyl carbamates (subject to hydrolysis) is 1. The molecule has 3 rings (SSSR count). The molecule has 0 atom stereocenters. The number of carbonyl (C=O) groups is 2.